The third kappa shape index (κ3) is 1.49. The molecule has 1 N–H and O–H groups in total. The van der Waals surface area contributed by atoms with Crippen LogP contribution in [0.2, 0.25) is 0 Å². The first-order valence-electron chi connectivity index (χ1n) is 3.72. The molecule has 0 saturated carbocycles. The summed E-state index contributed by atoms with van der Waals surface area (Å²) in [7, 11) is 1.74. The predicted molar refractivity (Wildman–Crippen MR) is 49.1 cm³/mol. The predicted octanol–water partition coefficient (Wildman–Crippen LogP) is 0.637. The van der Waals surface area contributed by atoms with Gasteiger partial charge in [-0.15, -0.1) is 16.4 Å². The molecular formula is C7H6N4O2S. The van der Waals surface area contributed by atoms with Gasteiger partial charge in [-0.05, 0) is 0 Å². The average Bonchev–Trinajstić information content (AvgIpc) is 2.70. The molecule has 14 heavy (non-hydrogen) atoms. The first-order chi connectivity index (χ1) is 6.66. The number of hydrogen-bond acceptors (Lipinski definition) is 5. The lowest BCUT2D eigenvalue weighted by molar-refractivity contribution is 0.0691. The number of aromatic nitrogens is 4. The van der Waals surface area contributed by atoms with Crippen LogP contribution in [0.5, 0.6) is 0 Å². The molecule has 0 aliphatic heterocycles. The van der Waals surface area contributed by atoms with E-state index in [4.69, 9.17) is 5.11 Å². The lowest BCUT2D eigenvalue weighted by Crippen LogP contribution is -1.95. The van der Waals surface area contributed by atoms with E-state index in [-0.39, 0.29) is 5.69 Å². The molecule has 0 spiro atoms. The van der Waals surface area contributed by atoms with Crippen LogP contribution in [0.15, 0.2) is 11.6 Å². The zero-order valence-corrected chi connectivity index (χ0v) is 8.02. The molecule has 0 unspecified atom stereocenters. The van der Waals surface area contributed by atoms with E-state index in [2.05, 4.69) is 15.3 Å². The summed E-state index contributed by atoms with van der Waals surface area (Å²) in [5, 5.41) is 18.3. The Morgan fingerprint density at radius 2 is 2.43 bits per heavy atom. The molecule has 7 heteroatoms. The Labute approximate surface area is 82.8 Å². The maximum atomic E-state index is 10.6. The fourth-order valence-electron chi connectivity index (χ4n) is 0.935. The number of hydrogen-bond donors (Lipinski definition) is 1. The van der Waals surface area contributed by atoms with E-state index >= 15 is 0 Å². The van der Waals surface area contributed by atoms with Crippen LogP contribution in [0.25, 0.3) is 10.7 Å². The highest BCUT2D eigenvalue weighted by Gasteiger charge is 2.11. The largest absolute Gasteiger partial charge is 0.476 e. The van der Waals surface area contributed by atoms with Gasteiger partial charge in [-0.1, -0.05) is 5.21 Å². The SMILES string of the molecule is Cn1cc(-c2nc(C(=O)O)cs2)nn1. The van der Waals surface area contributed by atoms with E-state index < -0.39 is 5.97 Å². The third-order valence-electron chi connectivity index (χ3n) is 1.55. The summed E-state index contributed by atoms with van der Waals surface area (Å²) in [6.45, 7) is 0. The summed E-state index contributed by atoms with van der Waals surface area (Å²) in [6.07, 6.45) is 1.68. The van der Waals surface area contributed by atoms with Gasteiger partial charge in [0.15, 0.2) is 5.69 Å². The third-order valence-corrected chi connectivity index (χ3v) is 2.41. The fourth-order valence-corrected chi connectivity index (χ4v) is 1.68. The first kappa shape index (κ1) is 8.82. The lowest BCUT2D eigenvalue weighted by Gasteiger charge is -1.84. The van der Waals surface area contributed by atoms with Crippen molar-refractivity contribution < 1.29 is 9.90 Å². The van der Waals surface area contributed by atoms with Crippen molar-refractivity contribution >= 4 is 17.3 Å². The van der Waals surface area contributed by atoms with Crippen LogP contribution in [0.1, 0.15) is 10.5 Å². The number of rotatable bonds is 2. The van der Waals surface area contributed by atoms with Crippen molar-refractivity contribution in [2.45, 2.75) is 0 Å². The van der Waals surface area contributed by atoms with Crippen LogP contribution in [0.4, 0.5) is 0 Å². The van der Waals surface area contributed by atoms with Crippen LogP contribution in [-0.4, -0.2) is 31.1 Å². The topological polar surface area (TPSA) is 80.9 Å². The molecular weight excluding hydrogens is 204 g/mol. The maximum Gasteiger partial charge on any atom is 0.355 e. The second kappa shape index (κ2) is 3.18. The normalized spacial score (nSPS) is 10.4. The van der Waals surface area contributed by atoms with Gasteiger partial charge >= 0.3 is 5.97 Å². The van der Waals surface area contributed by atoms with Gasteiger partial charge in [-0.25, -0.2) is 9.78 Å². The van der Waals surface area contributed by atoms with Crippen molar-refractivity contribution in [2.75, 3.05) is 0 Å². The minimum atomic E-state index is -1.03. The van der Waals surface area contributed by atoms with E-state index in [0.717, 1.165) is 0 Å². The van der Waals surface area contributed by atoms with Crippen molar-refractivity contribution in [3.05, 3.63) is 17.3 Å². The first-order valence-corrected chi connectivity index (χ1v) is 4.60. The Kier molecular flexibility index (Phi) is 2.01. The van der Waals surface area contributed by atoms with Gasteiger partial charge in [0.05, 0.1) is 6.20 Å². The average molecular weight is 210 g/mol. The fraction of sp³-hybridized carbons (Fsp3) is 0.143. The molecule has 0 aromatic carbocycles. The van der Waals surface area contributed by atoms with E-state index in [0.29, 0.717) is 10.7 Å². The van der Waals surface area contributed by atoms with Crippen molar-refractivity contribution in [3.8, 4) is 10.7 Å². The molecule has 2 aromatic rings. The Balaban J connectivity index is 2.38. The number of carboxylic acid groups (broad SMARTS) is 1. The Morgan fingerprint density at radius 3 is 2.93 bits per heavy atom. The highest BCUT2D eigenvalue weighted by atomic mass is 32.1. The van der Waals surface area contributed by atoms with Crippen molar-refractivity contribution in [1.29, 1.82) is 0 Å². The van der Waals surface area contributed by atoms with Gasteiger partial charge in [-0.3, -0.25) is 4.68 Å². The summed E-state index contributed by atoms with van der Waals surface area (Å²) >= 11 is 1.24. The number of thiazole rings is 1. The molecule has 0 saturated heterocycles. The smallest absolute Gasteiger partial charge is 0.355 e. The molecule has 0 bridgehead atoms. The molecule has 72 valence electrons. The van der Waals surface area contributed by atoms with Crippen molar-refractivity contribution in [2.24, 2.45) is 7.05 Å². The molecule has 2 heterocycles. The van der Waals surface area contributed by atoms with Gasteiger partial charge in [0.2, 0.25) is 0 Å². The molecule has 0 atom stereocenters. The van der Waals surface area contributed by atoms with Gasteiger partial charge in [0, 0.05) is 12.4 Å². The number of carbonyl (C=O) groups is 1. The van der Waals surface area contributed by atoms with Gasteiger partial charge in [-0.2, -0.15) is 0 Å². The van der Waals surface area contributed by atoms with Crippen LogP contribution in [-0.2, 0) is 7.05 Å². The molecule has 2 aromatic heterocycles. The molecule has 2 rings (SSSR count). The number of nitrogens with zero attached hydrogens (tertiary/aromatic N) is 4. The van der Waals surface area contributed by atoms with Gasteiger partial charge in [0.25, 0.3) is 0 Å². The van der Waals surface area contributed by atoms with E-state index in [1.165, 1.54) is 21.4 Å². The lowest BCUT2D eigenvalue weighted by atomic mass is 10.5. The zero-order valence-electron chi connectivity index (χ0n) is 7.21. The quantitative estimate of drug-likeness (QED) is 0.786. The number of aromatic carboxylic acids is 1. The number of aryl methyl sites for hydroxylation is 1. The molecule has 0 aliphatic rings. The summed E-state index contributed by atoms with van der Waals surface area (Å²) in [4.78, 5) is 14.5. The van der Waals surface area contributed by atoms with Crippen LogP contribution < -0.4 is 0 Å². The van der Waals surface area contributed by atoms with Crippen molar-refractivity contribution in [3.63, 3.8) is 0 Å². The zero-order chi connectivity index (χ0) is 10.1. The molecule has 0 aliphatic carbocycles. The monoisotopic (exact) mass is 210 g/mol. The van der Waals surface area contributed by atoms with Crippen LogP contribution in [0, 0.1) is 0 Å². The second-order valence-electron chi connectivity index (χ2n) is 2.62. The Morgan fingerprint density at radius 1 is 1.64 bits per heavy atom. The molecule has 6 nitrogen and oxygen atoms in total. The van der Waals surface area contributed by atoms with Gasteiger partial charge < -0.3 is 5.11 Å². The maximum absolute atomic E-state index is 10.6. The summed E-state index contributed by atoms with van der Waals surface area (Å²) < 4.78 is 1.54. The molecule has 0 fully saturated rings. The van der Waals surface area contributed by atoms with E-state index in [1.54, 1.807) is 13.2 Å². The Hall–Kier alpha value is -1.76. The summed E-state index contributed by atoms with van der Waals surface area (Å²) in [5.41, 5.74) is 0.626. The van der Waals surface area contributed by atoms with E-state index in [1.807, 2.05) is 0 Å². The van der Waals surface area contributed by atoms with Crippen molar-refractivity contribution in [1.82, 2.24) is 20.0 Å². The standard InChI is InChI=1S/C7H6N4O2S/c1-11-2-4(9-10-11)6-8-5(3-14-6)7(12)13/h2-3H,1H3,(H,12,13). The van der Waals surface area contributed by atoms with Crippen LogP contribution >= 0.6 is 11.3 Å². The number of carboxylic acids is 1. The van der Waals surface area contributed by atoms with E-state index in [9.17, 15) is 4.79 Å². The Bertz CT molecular complexity index is 475. The summed E-state index contributed by atoms with van der Waals surface area (Å²) in [5.74, 6) is -1.03. The minimum absolute atomic E-state index is 0.0376. The highest BCUT2D eigenvalue weighted by Crippen LogP contribution is 2.20. The molecule has 0 radical (unpaired) electrons. The van der Waals surface area contributed by atoms with Crippen LogP contribution in [0.3, 0.4) is 0 Å². The highest BCUT2D eigenvalue weighted by molar-refractivity contribution is 7.13. The second-order valence-corrected chi connectivity index (χ2v) is 3.48. The summed E-state index contributed by atoms with van der Waals surface area (Å²) in [6, 6.07) is 0. The minimum Gasteiger partial charge on any atom is -0.476 e. The van der Waals surface area contributed by atoms with Gasteiger partial charge in [0.1, 0.15) is 10.7 Å². The molecule has 0 amide bonds.